The highest BCUT2D eigenvalue weighted by Crippen LogP contribution is 2.44. The van der Waals surface area contributed by atoms with Gasteiger partial charge in [-0.2, -0.15) is 0 Å². The minimum absolute atomic E-state index is 0.0535. The fourth-order valence-electron chi connectivity index (χ4n) is 4.20. The van der Waals surface area contributed by atoms with E-state index in [1.807, 2.05) is 43.3 Å². The van der Waals surface area contributed by atoms with Crippen molar-refractivity contribution in [2.24, 2.45) is 0 Å². The fourth-order valence-corrected chi connectivity index (χ4v) is 4.20. The number of carboxylic acids is 1. The van der Waals surface area contributed by atoms with Crippen LogP contribution in [0.2, 0.25) is 0 Å². The van der Waals surface area contributed by atoms with E-state index in [0.717, 1.165) is 22.3 Å². The molecule has 0 radical (unpaired) electrons. The molecule has 0 heterocycles. The van der Waals surface area contributed by atoms with Crippen molar-refractivity contribution in [1.29, 1.82) is 0 Å². The highest BCUT2D eigenvalue weighted by Gasteiger charge is 2.52. The zero-order chi connectivity index (χ0) is 22.0. The Labute approximate surface area is 180 Å². The largest absolute Gasteiger partial charge is 0.481 e. The summed E-state index contributed by atoms with van der Waals surface area (Å²) in [5.41, 5.74) is 3.53. The normalized spacial score (nSPS) is 16.5. The summed E-state index contributed by atoms with van der Waals surface area (Å²) in [5, 5.41) is 14.4. The van der Waals surface area contributed by atoms with Crippen LogP contribution in [-0.2, 0) is 14.3 Å². The van der Waals surface area contributed by atoms with Crippen LogP contribution in [0.25, 0.3) is 11.1 Å². The summed E-state index contributed by atoms with van der Waals surface area (Å²) >= 11 is 0. The zero-order valence-corrected chi connectivity index (χ0v) is 17.4. The molecule has 2 aromatic carbocycles. The first-order valence-electron chi connectivity index (χ1n) is 10.6. The molecule has 0 aromatic heterocycles. The average Bonchev–Trinajstić information content (AvgIpc) is 3.47. The molecule has 0 spiro atoms. The molecule has 31 heavy (non-hydrogen) atoms. The van der Waals surface area contributed by atoms with E-state index in [9.17, 15) is 14.4 Å². The molecule has 0 saturated heterocycles. The van der Waals surface area contributed by atoms with Crippen LogP contribution in [-0.4, -0.2) is 41.3 Å². The highest BCUT2D eigenvalue weighted by molar-refractivity contribution is 5.93. The minimum Gasteiger partial charge on any atom is -0.481 e. The van der Waals surface area contributed by atoms with Crippen molar-refractivity contribution < 1.29 is 24.2 Å². The highest BCUT2D eigenvalue weighted by atomic mass is 16.5. The van der Waals surface area contributed by atoms with Gasteiger partial charge in [-0.25, -0.2) is 4.79 Å². The van der Waals surface area contributed by atoms with Gasteiger partial charge in [0.2, 0.25) is 5.91 Å². The molecule has 7 nitrogen and oxygen atoms in total. The molecule has 4 rings (SSSR count). The first-order chi connectivity index (χ1) is 14.9. The Hall–Kier alpha value is -3.35. The fraction of sp³-hybridized carbons (Fsp3) is 0.375. The van der Waals surface area contributed by atoms with Crippen molar-refractivity contribution in [2.45, 2.75) is 50.1 Å². The van der Waals surface area contributed by atoms with E-state index in [2.05, 4.69) is 22.8 Å². The van der Waals surface area contributed by atoms with Crippen molar-refractivity contribution in [3.63, 3.8) is 0 Å². The molecule has 0 unspecified atom stereocenters. The summed E-state index contributed by atoms with van der Waals surface area (Å²) in [6, 6.07) is 15.7. The van der Waals surface area contributed by atoms with Crippen LogP contribution >= 0.6 is 0 Å². The number of alkyl carbamates (subject to hydrolysis) is 1. The molecule has 1 saturated carbocycles. The van der Waals surface area contributed by atoms with Gasteiger partial charge in [-0.05, 0) is 41.5 Å². The third kappa shape index (κ3) is 4.26. The van der Waals surface area contributed by atoms with Crippen LogP contribution < -0.4 is 10.6 Å². The number of rotatable bonds is 8. The van der Waals surface area contributed by atoms with E-state index in [4.69, 9.17) is 9.84 Å². The Morgan fingerprint density at radius 1 is 1.06 bits per heavy atom. The number of carbonyl (C=O) groups is 3. The van der Waals surface area contributed by atoms with Crippen LogP contribution in [0.1, 0.15) is 49.7 Å². The molecule has 2 amide bonds. The van der Waals surface area contributed by atoms with E-state index >= 15 is 0 Å². The maximum atomic E-state index is 12.6. The topological polar surface area (TPSA) is 105 Å². The summed E-state index contributed by atoms with van der Waals surface area (Å²) in [6.45, 7) is 1.99. The molecule has 7 heteroatoms. The molecule has 2 aromatic rings. The lowest BCUT2D eigenvalue weighted by Gasteiger charge is -2.22. The molecule has 2 aliphatic rings. The molecule has 1 fully saturated rings. The molecule has 1 atom stereocenters. The van der Waals surface area contributed by atoms with Gasteiger partial charge in [0, 0.05) is 12.0 Å². The number of hydrogen-bond donors (Lipinski definition) is 3. The number of carboxylic acid groups (broad SMARTS) is 1. The number of fused-ring (bicyclic) bond motifs is 3. The van der Waals surface area contributed by atoms with Crippen LogP contribution in [0.4, 0.5) is 4.79 Å². The molecule has 0 bridgehead atoms. The molecule has 3 N–H and O–H groups in total. The Morgan fingerprint density at radius 3 is 2.16 bits per heavy atom. The third-order valence-corrected chi connectivity index (χ3v) is 6.12. The minimum atomic E-state index is -1.01. The van der Waals surface area contributed by atoms with Crippen LogP contribution in [0.15, 0.2) is 48.5 Å². The van der Waals surface area contributed by atoms with E-state index in [1.54, 1.807) is 0 Å². The summed E-state index contributed by atoms with van der Waals surface area (Å²) < 4.78 is 5.54. The van der Waals surface area contributed by atoms with Crippen LogP contribution in [0.3, 0.4) is 0 Å². The summed E-state index contributed by atoms with van der Waals surface area (Å²) in [7, 11) is 0. The van der Waals surface area contributed by atoms with E-state index in [0.29, 0.717) is 19.3 Å². The number of hydrogen-bond acceptors (Lipinski definition) is 4. The quantitative estimate of drug-likeness (QED) is 0.605. The van der Waals surface area contributed by atoms with Crippen LogP contribution in [0.5, 0.6) is 0 Å². The lowest BCUT2D eigenvalue weighted by Crippen LogP contribution is -2.52. The van der Waals surface area contributed by atoms with Gasteiger partial charge in [0.05, 0.1) is 6.42 Å². The Balaban J connectivity index is 1.38. The molecule has 162 valence electrons. The average molecular weight is 422 g/mol. The van der Waals surface area contributed by atoms with E-state index in [1.165, 1.54) is 0 Å². The van der Waals surface area contributed by atoms with Gasteiger partial charge in [0.25, 0.3) is 0 Å². The van der Waals surface area contributed by atoms with Crippen molar-refractivity contribution in [3.05, 3.63) is 59.7 Å². The number of nitrogens with one attached hydrogen (secondary N) is 2. The predicted molar refractivity (Wildman–Crippen MR) is 115 cm³/mol. The lowest BCUT2D eigenvalue weighted by atomic mass is 9.98. The van der Waals surface area contributed by atoms with Gasteiger partial charge in [0.15, 0.2) is 0 Å². The van der Waals surface area contributed by atoms with Gasteiger partial charge in [-0.3, -0.25) is 9.59 Å². The lowest BCUT2D eigenvalue weighted by molar-refractivity contribution is -0.137. The smallest absolute Gasteiger partial charge is 0.408 e. The standard InChI is InChI=1S/C24H26N2O5/c1-2-15(13-21(27)28)25-22(29)24(11-12-24)26-23(30)31-14-20-18-9-5-3-7-16(18)17-8-4-6-10-19(17)20/h3-10,15,20H,2,11-14H2,1H3,(H,25,29)(H,26,30)(H,27,28)/t15-/m1/s1. The second-order valence-electron chi connectivity index (χ2n) is 8.21. The molecular formula is C24H26N2O5. The van der Waals surface area contributed by atoms with Crippen LogP contribution in [0, 0.1) is 0 Å². The Kier molecular flexibility index (Phi) is 5.67. The number of carbonyl (C=O) groups excluding carboxylic acids is 2. The van der Waals surface area contributed by atoms with Crippen molar-refractivity contribution in [2.75, 3.05) is 6.61 Å². The molecular weight excluding hydrogens is 396 g/mol. The number of ether oxygens (including phenoxy) is 1. The summed E-state index contributed by atoms with van der Waals surface area (Å²) in [6.07, 6.45) is 0.724. The maximum Gasteiger partial charge on any atom is 0.408 e. The van der Waals surface area contributed by atoms with Crippen molar-refractivity contribution >= 4 is 18.0 Å². The number of amides is 2. The number of aliphatic carboxylic acids is 1. The molecule has 2 aliphatic carbocycles. The van der Waals surface area contributed by atoms with Gasteiger partial charge in [-0.15, -0.1) is 0 Å². The SMILES string of the molecule is CC[C@H](CC(=O)O)NC(=O)C1(NC(=O)OCC2c3ccccc3-c3ccccc32)CC1. The third-order valence-electron chi connectivity index (χ3n) is 6.12. The Bertz CT molecular complexity index is 969. The summed E-state index contributed by atoms with van der Waals surface area (Å²) in [5.74, 6) is -1.38. The van der Waals surface area contributed by atoms with Gasteiger partial charge in [-0.1, -0.05) is 55.5 Å². The maximum absolute atomic E-state index is 12.6. The summed E-state index contributed by atoms with van der Waals surface area (Å²) in [4.78, 5) is 36.1. The predicted octanol–water partition coefficient (Wildman–Crippen LogP) is 3.43. The van der Waals surface area contributed by atoms with Crippen molar-refractivity contribution in [3.8, 4) is 11.1 Å². The van der Waals surface area contributed by atoms with Gasteiger partial charge >= 0.3 is 12.1 Å². The monoisotopic (exact) mass is 422 g/mol. The second-order valence-corrected chi connectivity index (χ2v) is 8.21. The molecule has 0 aliphatic heterocycles. The first-order valence-corrected chi connectivity index (χ1v) is 10.6. The van der Waals surface area contributed by atoms with Crippen molar-refractivity contribution in [1.82, 2.24) is 10.6 Å². The van der Waals surface area contributed by atoms with E-state index in [-0.39, 0.29) is 24.9 Å². The van der Waals surface area contributed by atoms with Gasteiger partial charge in [0.1, 0.15) is 12.1 Å². The Morgan fingerprint density at radius 2 is 1.65 bits per heavy atom. The number of benzene rings is 2. The van der Waals surface area contributed by atoms with Gasteiger partial charge < -0.3 is 20.5 Å². The zero-order valence-electron chi connectivity index (χ0n) is 17.4. The first kappa shape index (κ1) is 20.9. The van der Waals surface area contributed by atoms with E-state index < -0.39 is 23.6 Å². The second kappa shape index (κ2) is 8.41.